The van der Waals surface area contributed by atoms with Gasteiger partial charge in [0.05, 0.1) is 16.8 Å². The second-order valence-electron chi connectivity index (χ2n) is 6.00. The van der Waals surface area contributed by atoms with Crippen molar-refractivity contribution in [3.63, 3.8) is 0 Å². The van der Waals surface area contributed by atoms with Gasteiger partial charge in [0.15, 0.2) is 9.84 Å². The predicted molar refractivity (Wildman–Crippen MR) is 97.3 cm³/mol. The van der Waals surface area contributed by atoms with E-state index in [0.717, 1.165) is 12.8 Å². The van der Waals surface area contributed by atoms with Gasteiger partial charge >= 0.3 is 0 Å². The summed E-state index contributed by atoms with van der Waals surface area (Å²) in [4.78, 5) is 12.0. The third-order valence-electron chi connectivity index (χ3n) is 4.09. The fraction of sp³-hybridized carbons (Fsp3) is 0.562. The van der Waals surface area contributed by atoms with E-state index in [4.69, 9.17) is 4.74 Å². The molecule has 10 heteroatoms. The van der Waals surface area contributed by atoms with Crippen molar-refractivity contribution in [2.24, 2.45) is 0 Å². The zero-order valence-corrected chi connectivity index (χ0v) is 16.2. The van der Waals surface area contributed by atoms with E-state index in [1.807, 2.05) is 0 Å². The summed E-state index contributed by atoms with van der Waals surface area (Å²) >= 11 is 0. The Morgan fingerprint density at radius 1 is 1.19 bits per heavy atom. The van der Waals surface area contributed by atoms with Crippen LogP contribution in [0.2, 0.25) is 0 Å². The zero-order valence-electron chi connectivity index (χ0n) is 14.6. The van der Waals surface area contributed by atoms with Gasteiger partial charge in [0.25, 0.3) is 5.91 Å². The molecule has 1 amide bonds. The van der Waals surface area contributed by atoms with E-state index in [1.54, 1.807) is 6.92 Å². The Balaban J connectivity index is 1.90. The van der Waals surface area contributed by atoms with Gasteiger partial charge in [-0.05, 0) is 37.1 Å². The van der Waals surface area contributed by atoms with Crippen molar-refractivity contribution in [1.29, 1.82) is 0 Å². The Bertz CT molecular complexity index is 813. The largest absolute Gasteiger partial charge is 0.377 e. The second kappa shape index (κ2) is 8.94. The van der Waals surface area contributed by atoms with Gasteiger partial charge in [0, 0.05) is 31.0 Å². The minimum atomic E-state index is -3.67. The van der Waals surface area contributed by atoms with Crippen LogP contribution in [-0.4, -0.2) is 60.0 Å². The molecule has 0 aromatic heterocycles. The van der Waals surface area contributed by atoms with Crippen molar-refractivity contribution in [2.75, 3.05) is 31.2 Å². The Labute approximate surface area is 154 Å². The van der Waals surface area contributed by atoms with Crippen LogP contribution >= 0.6 is 0 Å². The normalized spacial score (nSPS) is 18.0. The number of carbonyl (C=O) groups is 1. The molecule has 146 valence electrons. The predicted octanol–water partition coefficient (Wildman–Crippen LogP) is 0.308. The van der Waals surface area contributed by atoms with E-state index in [-0.39, 0.29) is 41.2 Å². The number of rotatable bonds is 9. The van der Waals surface area contributed by atoms with E-state index >= 15 is 0 Å². The molecule has 1 atom stereocenters. The molecular weight excluding hydrogens is 380 g/mol. The highest BCUT2D eigenvalue weighted by atomic mass is 32.2. The van der Waals surface area contributed by atoms with Crippen LogP contribution in [0.4, 0.5) is 0 Å². The molecule has 1 aromatic rings. The molecule has 1 fully saturated rings. The number of carbonyl (C=O) groups excluding carboxylic acids is 1. The summed E-state index contributed by atoms with van der Waals surface area (Å²) in [5.74, 6) is -0.559. The van der Waals surface area contributed by atoms with Gasteiger partial charge in [-0.2, -0.15) is 0 Å². The molecule has 0 spiro atoms. The number of hydrogen-bond acceptors (Lipinski definition) is 6. The lowest BCUT2D eigenvalue weighted by Crippen LogP contribution is -2.32. The van der Waals surface area contributed by atoms with Crippen molar-refractivity contribution >= 4 is 25.8 Å². The highest BCUT2D eigenvalue weighted by Crippen LogP contribution is 2.14. The molecule has 1 aliphatic rings. The monoisotopic (exact) mass is 404 g/mol. The van der Waals surface area contributed by atoms with Gasteiger partial charge in [-0.15, -0.1) is 0 Å². The van der Waals surface area contributed by atoms with Crippen LogP contribution in [0.25, 0.3) is 0 Å². The molecule has 1 saturated heterocycles. The summed E-state index contributed by atoms with van der Waals surface area (Å²) in [6.07, 6.45) is 1.65. The molecule has 1 aliphatic heterocycles. The van der Waals surface area contributed by atoms with Crippen LogP contribution in [0, 0.1) is 0 Å². The lowest BCUT2D eigenvalue weighted by molar-refractivity contribution is 0.0956. The lowest BCUT2D eigenvalue weighted by atomic mass is 10.2. The first-order chi connectivity index (χ1) is 12.2. The van der Waals surface area contributed by atoms with Crippen molar-refractivity contribution in [1.82, 2.24) is 10.0 Å². The standard InChI is InChI=1S/C16H24N2O6S2/c1-2-25(20,21)11-9-17-16(19)13-5-7-15(8-6-13)26(22,23)18-12-14-4-3-10-24-14/h5-8,14,18H,2-4,9-12H2,1H3,(H,17,19). The van der Waals surface area contributed by atoms with Crippen molar-refractivity contribution < 1.29 is 26.4 Å². The van der Waals surface area contributed by atoms with E-state index in [2.05, 4.69) is 10.0 Å². The summed E-state index contributed by atoms with van der Waals surface area (Å²) < 4.78 is 55.2. The van der Waals surface area contributed by atoms with Crippen LogP contribution in [0.5, 0.6) is 0 Å². The lowest BCUT2D eigenvalue weighted by Gasteiger charge is -2.11. The Kier molecular flexibility index (Phi) is 7.16. The van der Waals surface area contributed by atoms with Crippen LogP contribution in [0.1, 0.15) is 30.1 Å². The van der Waals surface area contributed by atoms with Gasteiger partial charge in [-0.25, -0.2) is 21.6 Å². The number of hydrogen-bond donors (Lipinski definition) is 2. The Morgan fingerprint density at radius 2 is 1.88 bits per heavy atom. The summed E-state index contributed by atoms with van der Waals surface area (Å²) in [5, 5.41) is 2.51. The zero-order chi connectivity index (χ0) is 19.2. The average Bonchev–Trinajstić information content (AvgIpc) is 3.13. The summed E-state index contributed by atoms with van der Waals surface area (Å²) in [6.45, 7) is 2.42. The SMILES string of the molecule is CCS(=O)(=O)CCNC(=O)c1ccc(S(=O)(=O)NCC2CCCO2)cc1. The third-order valence-corrected chi connectivity index (χ3v) is 7.24. The van der Waals surface area contributed by atoms with Gasteiger partial charge in [0.2, 0.25) is 10.0 Å². The summed E-state index contributed by atoms with van der Waals surface area (Å²) in [7, 11) is -6.82. The molecular formula is C16H24N2O6S2. The Hall–Kier alpha value is -1.49. The minimum Gasteiger partial charge on any atom is -0.377 e. The molecule has 2 rings (SSSR count). The van der Waals surface area contributed by atoms with Crippen LogP contribution in [-0.2, 0) is 24.6 Å². The van der Waals surface area contributed by atoms with E-state index < -0.39 is 25.8 Å². The van der Waals surface area contributed by atoms with Gasteiger partial charge in [0.1, 0.15) is 0 Å². The first kappa shape index (κ1) is 20.8. The van der Waals surface area contributed by atoms with Crippen LogP contribution in [0.15, 0.2) is 29.2 Å². The average molecular weight is 405 g/mol. The second-order valence-corrected chi connectivity index (χ2v) is 10.2. The quantitative estimate of drug-likeness (QED) is 0.611. The maximum Gasteiger partial charge on any atom is 0.251 e. The smallest absolute Gasteiger partial charge is 0.251 e. The molecule has 0 aliphatic carbocycles. The van der Waals surface area contributed by atoms with E-state index in [1.165, 1.54) is 24.3 Å². The molecule has 1 aromatic carbocycles. The first-order valence-electron chi connectivity index (χ1n) is 8.43. The molecule has 0 radical (unpaired) electrons. The van der Waals surface area contributed by atoms with Crippen molar-refractivity contribution in [3.05, 3.63) is 29.8 Å². The fourth-order valence-corrected chi connectivity index (χ4v) is 4.21. The van der Waals surface area contributed by atoms with Crippen molar-refractivity contribution in [2.45, 2.75) is 30.8 Å². The topological polar surface area (TPSA) is 119 Å². The van der Waals surface area contributed by atoms with Crippen LogP contribution < -0.4 is 10.0 Å². The minimum absolute atomic E-state index is 0.0119. The highest BCUT2D eigenvalue weighted by molar-refractivity contribution is 7.91. The number of benzene rings is 1. The van der Waals surface area contributed by atoms with Gasteiger partial charge in [-0.1, -0.05) is 6.92 Å². The molecule has 2 N–H and O–H groups in total. The molecule has 26 heavy (non-hydrogen) atoms. The highest BCUT2D eigenvalue weighted by Gasteiger charge is 2.20. The number of sulfone groups is 1. The number of nitrogens with one attached hydrogen (secondary N) is 2. The van der Waals surface area contributed by atoms with Gasteiger partial charge in [-0.3, -0.25) is 4.79 Å². The third kappa shape index (κ3) is 6.04. The maximum atomic E-state index is 12.3. The number of amides is 1. The number of ether oxygens (including phenoxy) is 1. The Morgan fingerprint density at radius 3 is 2.46 bits per heavy atom. The van der Waals surface area contributed by atoms with Crippen LogP contribution in [0.3, 0.4) is 0 Å². The summed E-state index contributed by atoms with van der Waals surface area (Å²) in [5.41, 5.74) is 0.261. The summed E-state index contributed by atoms with van der Waals surface area (Å²) in [6, 6.07) is 5.47. The molecule has 1 unspecified atom stereocenters. The fourth-order valence-electron chi connectivity index (χ4n) is 2.44. The van der Waals surface area contributed by atoms with Gasteiger partial charge < -0.3 is 10.1 Å². The van der Waals surface area contributed by atoms with E-state index in [9.17, 15) is 21.6 Å². The molecule has 0 saturated carbocycles. The maximum absolute atomic E-state index is 12.3. The molecule has 8 nitrogen and oxygen atoms in total. The first-order valence-corrected chi connectivity index (χ1v) is 11.7. The van der Waals surface area contributed by atoms with Crippen molar-refractivity contribution in [3.8, 4) is 0 Å². The number of sulfonamides is 1. The molecule has 0 bridgehead atoms. The van der Waals surface area contributed by atoms with E-state index in [0.29, 0.717) is 6.61 Å². The molecule has 1 heterocycles.